The van der Waals surface area contributed by atoms with Crippen molar-refractivity contribution in [3.8, 4) is 0 Å². The standard InChI is InChI=1S/C71H128O6/c1-4-7-10-13-16-19-22-25-28-31-34-35-38-40-43-46-49-52-55-58-61-64-70(73)76-67-68(77-71(74)65-62-59-56-53-50-47-44-41-37-33-30-27-24-21-18-15-12-9-6-3)66-75-69(72)63-60-57-54-51-48-45-42-39-36-32-29-26-23-20-17-14-11-8-5-2/h17,20,26-27,29-30,36,39,45,48,68H,4-16,18-19,21-25,28,31-35,37-38,40-44,46-47,49-67H2,1-3H3/b20-17-,29-26-,30-27-,39-36-,48-45-/t68-/m1/s1. The first-order valence-electron chi connectivity index (χ1n) is 33.8. The minimum absolute atomic E-state index is 0.0817. The highest BCUT2D eigenvalue weighted by Crippen LogP contribution is 2.17. The monoisotopic (exact) mass is 1080 g/mol. The first-order valence-corrected chi connectivity index (χ1v) is 33.8. The van der Waals surface area contributed by atoms with Gasteiger partial charge in [0.15, 0.2) is 6.10 Å². The topological polar surface area (TPSA) is 78.9 Å². The van der Waals surface area contributed by atoms with Gasteiger partial charge < -0.3 is 14.2 Å². The molecule has 0 spiro atoms. The zero-order valence-corrected chi connectivity index (χ0v) is 51.5. The molecule has 0 aromatic heterocycles. The van der Waals surface area contributed by atoms with E-state index in [0.29, 0.717) is 19.3 Å². The number of esters is 3. The van der Waals surface area contributed by atoms with Gasteiger partial charge in [-0.2, -0.15) is 0 Å². The summed E-state index contributed by atoms with van der Waals surface area (Å²) >= 11 is 0. The Morgan fingerprint density at radius 2 is 0.468 bits per heavy atom. The average molecular weight is 1080 g/mol. The molecule has 0 saturated carbocycles. The second kappa shape index (κ2) is 65.6. The quantitative estimate of drug-likeness (QED) is 0.0261. The summed E-state index contributed by atoms with van der Waals surface area (Å²) in [6, 6.07) is 0. The van der Waals surface area contributed by atoms with Crippen molar-refractivity contribution in [2.45, 2.75) is 361 Å². The maximum atomic E-state index is 12.9. The Morgan fingerprint density at radius 1 is 0.260 bits per heavy atom. The number of allylic oxidation sites excluding steroid dienone is 10. The smallest absolute Gasteiger partial charge is 0.306 e. The van der Waals surface area contributed by atoms with Gasteiger partial charge in [-0.25, -0.2) is 0 Å². The van der Waals surface area contributed by atoms with Gasteiger partial charge in [0, 0.05) is 19.3 Å². The van der Waals surface area contributed by atoms with Crippen LogP contribution in [0.4, 0.5) is 0 Å². The van der Waals surface area contributed by atoms with Gasteiger partial charge in [0.05, 0.1) is 0 Å². The molecule has 0 bridgehead atoms. The van der Waals surface area contributed by atoms with E-state index in [0.717, 1.165) is 83.5 Å². The number of unbranched alkanes of at least 4 members (excludes halogenated alkanes) is 41. The molecule has 0 saturated heterocycles. The Labute approximate surface area is 479 Å². The lowest BCUT2D eigenvalue weighted by atomic mass is 10.0. The van der Waals surface area contributed by atoms with E-state index in [1.807, 2.05) is 0 Å². The molecule has 6 heteroatoms. The van der Waals surface area contributed by atoms with Gasteiger partial charge in [0.2, 0.25) is 0 Å². The van der Waals surface area contributed by atoms with Gasteiger partial charge in [0.25, 0.3) is 0 Å². The minimum atomic E-state index is -0.789. The van der Waals surface area contributed by atoms with Crippen LogP contribution in [0.2, 0.25) is 0 Å². The lowest BCUT2D eigenvalue weighted by Gasteiger charge is -2.18. The predicted molar refractivity (Wildman–Crippen MR) is 335 cm³/mol. The zero-order chi connectivity index (χ0) is 55.7. The van der Waals surface area contributed by atoms with Crippen molar-refractivity contribution in [1.29, 1.82) is 0 Å². The summed E-state index contributed by atoms with van der Waals surface area (Å²) in [5.41, 5.74) is 0. The van der Waals surface area contributed by atoms with Crippen molar-refractivity contribution < 1.29 is 28.6 Å². The molecule has 0 N–H and O–H groups in total. The predicted octanol–water partition coefficient (Wildman–Crippen LogP) is 23.1. The molecule has 448 valence electrons. The van der Waals surface area contributed by atoms with Crippen LogP contribution in [0.15, 0.2) is 60.8 Å². The molecule has 0 heterocycles. The van der Waals surface area contributed by atoms with Crippen LogP contribution in [0.25, 0.3) is 0 Å². The van der Waals surface area contributed by atoms with Crippen LogP contribution in [0.3, 0.4) is 0 Å². The Balaban J connectivity index is 4.39. The zero-order valence-electron chi connectivity index (χ0n) is 51.5. The average Bonchev–Trinajstić information content (AvgIpc) is 3.43. The van der Waals surface area contributed by atoms with Crippen molar-refractivity contribution in [2.75, 3.05) is 13.2 Å². The molecule has 0 amide bonds. The largest absolute Gasteiger partial charge is 0.462 e. The van der Waals surface area contributed by atoms with E-state index in [2.05, 4.69) is 81.5 Å². The summed E-state index contributed by atoms with van der Waals surface area (Å²) in [5.74, 6) is -0.894. The van der Waals surface area contributed by atoms with Crippen molar-refractivity contribution >= 4 is 17.9 Å². The summed E-state index contributed by atoms with van der Waals surface area (Å²) in [5, 5.41) is 0. The molecular formula is C71H128O6. The Morgan fingerprint density at radius 3 is 0.779 bits per heavy atom. The van der Waals surface area contributed by atoms with Gasteiger partial charge in [-0.05, 0) is 89.9 Å². The molecule has 6 nitrogen and oxygen atoms in total. The fraction of sp³-hybridized carbons (Fsp3) is 0.817. The minimum Gasteiger partial charge on any atom is -0.462 e. The van der Waals surface area contributed by atoms with Crippen LogP contribution in [-0.2, 0) is 28.6 Å². The van der Waals surface area contributed by atoms with E-state index in [9.17, 15) is 14.4 Å². The molecule has 77 heavy (non-hydrogen) atoms. The van der Waals surface area contributed by atoms with Gasteiger partial charge in [-0.3, -0.25) is 14.4 Å². The molecule has 0 rings (SSSR count). The normalized spacial score (nSPS) is 12.4. The highest BCUT2D eigenvalue weighted by Gasteiger charge is 2.19. The highest BCUT2D eigenvalue weighted by molar-refractivity contribution is 5.71. The molecule has 0 aliphatic carbocycles. The number of hydrogen-bond donors (Lipinski definition) is 0. The summed E-state index contributed by atoms with van der Waals surface area (Å²) < 4.78 is 17.0. The lowest BCUT2D eigenvalue weighted by molar-refractivity contribution is -0.167. The molecule has 1 atom stereocenters. The van der Waals surface area contributed by atoms with Crippen molar-refractivity contribution in [1.82, 2.24) is 0 Å². The summed E-state index contributed by atoms with van der Waals surface area (Å²) in [7, 11) is 0. The molecular weight excluding hydrogens is 949 g/mol. The first kappa shape index (κ1) is 74.1. The third-order valence-electron chi connectivity index (χ3n) is 15.0. The van der Waals surface area contributed by atoms with Crippen LogP contribution in [0.5, 0.6) is 0 Å². The molecule has 0 aliphatic heterocycles. The number of rotatable bonds is 62. The van der Waals surface area contributed by atoms with E-state index in [-0.39, 0.29) is 31.1 Å². The fourth-order valence-electron chi connectivity index (χ4n) is 9.89. The fourth-order valence-corrected chi connectivity index (χ4v) is 9.89. The number of ether oxygens (including phenoxy) is 3. The third-order valence-corrected chi connectivity index (χ3v) is 15.0. The van der Waals surface area contributed by atoms with Gasteiger partial charge >= 0.3 is 17.9 Å². The van der Waals surface area contributed by atoms with Gasteiger partial charge in [-0.1, -0.05) is 306 Å². The Hall–Kier alpha value is -2.89. The molecule has 0 aromatic carbocycles. The van der Waals surface area contributed by atoms with E-state index in [1.54, 1.807) is 0 Å². The third kappa shape index (κ3) is 63.8. The summed E-state index contributed by atoms with van der Waals surface area (Å²) in [6.45, 7) is 6.64. The molecule has 0 aromatic rings. The van der Waals surface area contributed by atoms with E-state index < -0.39 is 6.10 Å². The van der Waals surface area contributed by atoms with E-state index >= 15 is 0 Å². The Kier molecular flexibility index (Phi) is 63.2. The van der Waals surface area contributed by atoms with Crippen molar-refractivity contribution in [2.24, 2.45) is 0 Å². The molecule has 0 radical (unpaired) electrons. The number of hydrogen-bond acceptors (Lipinski definition) is 6. The van der Waals surface area contributed by atoms with Crippen molar-refractivity contribution in [3.63, 3.8) is 0 Å². The van der Waals surface area contributed by atoms with Gasteiger partial charge in [-0.15, -0.1) is 0 Å². The van der Waals surface area contributed by atoms with Crippen LogP contribution < -0.4 is 0 Å². The maximum Gasteiger partial charge on any atom is 0.306 e. The molecule has 0 aliphatic rings. The van der Waals surface area contributed by atoms with E-state index in [4.69, 9.17) is 14.2 Å². The molecule has 0 fully saturated rings. The second-order valence-corrected chi connectivity index (χ2v) is 22.7. The molecule has 0 unspecified atom stereocenters. The first-order chi connectivity index (χ1) is 38.0. The van der Waals surface area contributed by atoms with Crippen molar-refractivity contribution in [3.05, 3.63) is 60.8 Å². The van der Waals surface area contributed by atoms with Crippen LogP contribution >= 0.6 is 0 Å². The lowest BCUT2D eigenvalue weighted by Crippen LogP contribution is -2.30. The summed E-state index contributed by atoms with van der Waals surface area (Å²) in [4.78, 5) is 38.4. The maximum absolute atomic E-state index is 12.9. The second-order valence-electron chi connectivity index (χ2n) is 22.7. The summed E-state index contributed by atoms with van der Waals surface area (Å²) in [6.07, 6.45) is 83.7. The van der Waals surface area contributed by atoms with E-state index in [1.165, 1.54) is 231 Å². The van der Waals surface area contributed by atoms with Gasteiger partial charge in [0.1, 0.15) is 13.2 Å². The van der Waals surface area contributed by atoms with Crippen LogP contribution in [0, 0.1) is 0 Å². The van der Waals surface area contributed by atoms with Crippen LogP contribution in [0.1, 0.15) is 355 Å². The number of carbonyl (C=O) groups is 3. The Bertz CT molecular complexity index is 1380. The highest BCUT2D eigenvalue weighted by atomic mass is 16.6. The SMILES string of the molecule is CCCCC/C=C\C/C=C\C/C=C\C/C=C\CCCCCC(=O)OC[C@H](COC(=O)CCCCCCCCCCCCCCCCCCCCCCC)OC(=O)CCCCCCCCCCC/C=C\CCCCCCCC. The number of carbonyl (C=O) groups excluding carboxylic acids is 3. The van der Waals surface area contributed by atoms with Crippen LogP contribution in [-0.4, -0.2) is 37.2 Å².